The van der Waals surface area contributed by atoms with Crippen molar-refractivity contribution in [2.45, 2.75) is 6.92 Å². The van der Waals surface area contributed by atoms with Crippen molar-refractivity contribution in [3.8, 4) is 11.1 Å². The van der Waals surface area contributed by atoms with E-state index >= 15 is 0 Å². The second kappa shape index (κ2) is 3.01. The third-order valence-corrected chi connectivity index (χ3v) is 2.94. The van der Waals surface area contributed by atoms with Gasteiger partial charge < -0.3 is 0 Å². The van der Waals surface area contributed by atoms with Crippen molar-refractivity contribution in [1.29, 1.82) is 0 Å². The Kier molecular flexibility index (Phi) is 1.75. The SMILES string of the molecule is Cc1ccc2c(c1)C(=O)c1cc(F)ccc1-2. The topological polar surface area (TPSA) is 17.1 Å². The smallest absolute Gasteiger partial charge is 0.194 e. The molecule has 1 aliphatic carbocycles. The fourth-order valence-corrected chi connectivity index (χ4v) is 2.17. The lowest BCUT2D eigenvalue weighted by molar-refractivity contribution is 0.104. The van der Waals surface area contributed by atoms with Crippen LogP contribution in [-0.4, -0.2) is 5.78 Å². The average molecular weight is 212 g/mol. The Labute approximate surface area is 92.5 Å². The molecule has 0 bridgehead atoms. The van der Waals surface area contributed by atoms with Crippen LogP contribution in [0.25, 0.3) is 11.1 Å². The molecular weight excluding hydrogens is 203 g/mol. The van der Waals surface area contributed by atoms with Gasteiger partial charge in [-0.05, 0) is 36.2 Å². The van der Waals surface area contributed by atoms with Gasteiger partial charge in [-0.2, -0.15) is 0 Å². The summed E-state index contributed by atoms with van der Waals surface area (Å²) in [5.41, 5.74) is 3.94. The summed E-state index contributed by atoms with van der Waals surface area (Å²) in [7, 11) is 0. The predicted molar refractivity (Wildman–Crippen MR) is 60.0 cm³/mol. The van der Waals surface area contributed by atoms with Crippen LogP contribution in [0.1, 0.15) is 21.5 Å². The van der Waals surface area contributed by atoms with Gasteiger partial charge in [0.05, 0.1) is 0 Å². The van der Waals surface area contributed by atoms with Gasteiger partial charge in [0.25, 0.3) is 0 Å². The lowest BCUT2D eigenvalue weighted by Gasteiger charge is -1.99. The molecule has 0 N–H and O–H groups in total. The Balaban J connectivity index is 2.34. The van der Waals surface area contributed by atoms with Gasteiger partial charge in [-0.3, -0.25) is 4.79 Å². The molecule has 1 nitrogen and oxygen atoms in total. The Hall–Kier alpha value is -1.96. The number of halogens is 1. The summed E-state index contributed by atoms with van der Waals surface area (Å²) < 4.78 is 13.1. The minimum atomic E-state index is -0.364. The molecule has 16 heavy (non-hydrogen) atoms. The zero-order chi connectivity index (χ0) is 11.3. The second-order valence-corrected chi connectivity index (χ2v) is 4.07. The van der Waals surface area contributed by atoms with Crippen LogP contribution in [0, 0.1) is 12.7 Å². The van der Waals surface area contributed by atoms with E-state index in [4.69, 9.17) is 0 Å². The maximum absolute atomic E-state index is 13.1. The number of carbonyl (C=O) groups is 1. The van der Waals surface area contributed by atoms with Crippen molar-refractivity contribution in [2.75, 3.05) is 0 Å². The largest absolute Gasteiger partial charge is 0.289 e. The van der Waals surface area contributed by atoms with Crippen LogP contribution in [0.2, 0.25) is 0 Å². The molecule has 0 spiro atoms. The Morgan fingerprint density at radius 2 is 1.50 bits per heavy atom. The van der Waals surface area contributed by atoms with Crippen LogP contribution in [0.15, 0.2) is 36.4 Å². The number of carbonyl (C=O) groups excluding carboxylic acids is 1. The van der Waals surface area contributed by atoms with Gasteiger partial charge in [-0.1, -0.05) is 23.8 Å². The molecule has 0 unspecified atom stereocenters. The minimum absolute atomic E-state index is 0.0757. The highest BCUT2D eigenvalue weighted by Crippen LogP contribution is 2.37. The minimum Gasteiger partial charge on any atom is -0.289 e. The van der Waals surface area contributed by atoms with Gasteiger partial charge in [-0.15, -0.1) is 0 Å². The molecular formula is C14H9FO. The zero-order valence-electron chi connectivity index (χ0n) is 8.75. The molecule has 0 aromatic heterocycles. The van der Waals surface area contributed by atoms with Gasteiger partial charge in [0.2, 0.25) is 0 Å². The molecule has 2 heteroatoms. The summed E-state index contributed by atoms with van der Waals surface area (Å²) in [5, 5.41) is 0. The van der Waals surface area contributed by atoms with Crippen molar-refractivity contribution in [1.82, 2.24) is 0 Å². The molecule has 2 aromatic carbocycles. The first-order chi connectivity index (χ1) is 7.66. The monoisotopic (exact) mass is 212 g/mol. The van der Waals surface area contributed by atoms with E-state index in [9.17, 15) is 9.18 Å². The number of benzene rings is 2. The van der Waals surface area contributed by atoms with Gasteiger partial charge >= 0.3 is 0 Å². The molecule has 0 amide bonds. The van der Waals surface area contributed by atoms with Crippen LogP contribution in [0.3, 0.4) is 0 Å². The van der Waals surface area contributed by atoms with Crippen molar-refractivity contribution in [2.24, 2.45) is 0 Å². The maximum Gasteiger partial charge on any atom is 0.194 e. The Bertz CT molecular complexity index is 561. The number of ketones is 1. The lowest BCUT2D eigenvalue weighted by Crippen LogP contribution is -1.95. The molecule has 78 valence electrons. The molecule has 3 rings (SSSR count). The van der Waals surface area contributed by atoms with E-state index in [2.05, 4.69) is 0 Å². The van der Waals surface area contributed by atoms with Crippen molar-refractivity contribution in [3.63, 3.8) is 0 Å². The zero-order valence-corrected chi connectivity index (χ0v) is 8.75. The molecule has 0 fully saturated rings. The first-order valence-corrected chi connectivity index (χ1v) is 5.12. The van der Waals surface area contributed by atoms with E-state index < -0.39 is 0 Å². The van der Waals surface area contributed by atoms with E-state index in [1.54, 1.807) is 6.07 Å². The number of hydrogen-bond donors (Lipinski definition) is 0. The summed E-state index contributed by atoms with van der Waals surface area (Å²) in [6.07, 6.45) is 0. The second-order valence-electron chi connectivity index (χ2n) is 4.07. The van der Waals surface area contributed by atoms with Crippen LogP contribution >= 0.6 is 0 Å². The summed E-state index contributed by atoms with van der Waals surface area (Å²) in [6.45, 7) is 1.94. The van der Waals surface area contributed by atoms with Crippen molar-refractivity contribution < 1.29 is 9.18 Å². The van der Waals surface area contributed by atoms with E-state index in [1.807, 2.05) is 25.1 Å². The summed E-state index contributed by atoms with van der Waals surface area (Å²) in [4.78, 5) is 12.0. The fraction of sp³-hybridized carbons (Fsp3) is 0.0714. The third-order valence-electron chi connectivity index (χ3n) is 2.94. The quantitative estimate of drug-likeness (QED) is 0.558. The lowest BCUT2D eigenvalue weighted by atomic mass is 10.0. The Morgan fingerprint density at radius 1 is 0.875 bits per heavy atom. The van der Waals surface area contributed by atoms with Gasteiger partial charge in [-0.25, -0.2) is 4.39 Å². The van der Waals surface area contributed by atoms with Crippen molar-refractivity contribution in [3.05, 3.63) is 58.9 Å². The summed E-state index contributed by atoms with van der Waals surface area (Å²) >= 11 is 0. The Morgan fingerprint density at radius 3 is 2.25 bits per heavy atom. The van der Waals surface area contributed by atoms with Crippen LogP contribution in [0.5, 0.6) is 0 Å². The third kappa shape index (κ3) is 1.13. The molecule has 0 aliphatic heterocycles. The van der Waals surface area contributed by atoms with Gasteiger partial charge in [0.1, 0.15) is 5.82 Å². The first kappa shape index (κ1) is 9.28. The van der Waals surface area contributed by atoms with E-state index in [0.717, 1.165) is 16.7 Å². The highest BCUT2D eigenvalue weighted by molar-refractivity contribution is 6.21. The van der Waals surface area contributed by atoms with Gasteiger partial charge in [0.15, 0.2) is 5.78 Å². The van der Waals surface area contributed by atoms with Crippen LogP contribution in [-0.2, 0) is 0 Å². The van der Waals surface area contributed by atoms with E-state index in [-0.39, 0.29) is 11.6 Å². The normalized spacial score (nSPS) is 12.5. The summed E-state index contributed by atoms with van der Waals surface area (Å²) in [5.74, 6) is -0.440. The predicted octanol–water partition coefficient (Wildman–Crippen LogP) is 3.35. The van der Waals surface area contributed by atoms with E-state index in [0.29, 0.717) is 11.1 Å². The number of hydrogen-bond acceptors (Lipinski definition) is 1. The molecule has 0 atom stereocenters. The average Bonchev–Trinajstić information content (AvgIpc) is 2.53. The molecule has 2 aromatic rings. The number of aryl methyl sites for hydroxylation is 1. The standard InChI is InChI=1S/C14H9FO/c1-8-2-4-10-11-5-3-9(15)7-13(11)14(16)12(10)6-8/h2-7H,1H3. The van der Waals surface area contributed by atoms with Crippen LogP contribution in [0.4, 0.5) is 4.39 Å². The van der Waals surface area contributed by atoms with Crippen molar-refractivity contribution >= 4 is 5.78 Å². The van der Waals surface area contributed by atoms with Crippen LogP contribution < -0.4 is 0 Å². The van der Waals surface area contributed by atoms with E-state index in [1.165, 1.54) is 12.1 Å². The molecule has 0 radical (unpaired) electrons. The van der Waals surface area contributed by atoms with Gasteiger partial charge in [0, 0.05) is 11.1 Å². The molecule has 0 saturated carbocycles. The molecule has 1 aliphatic rings. The highest BCUT2D eigenvalue weighted by atomic mass is 19.1. The molecule has 0 heterocycles. The maximum atomic E-state index is 13.1. The first-order valence-electron chi connectivity index (χ1n) is 5.12. The molecule has 0 saturated heterocycles. The summed E-state index contributed by atoms with van der Waals surface area (Å²) in [6, 6.07) is 10.1. The number of fused-ring (bicyclic) bond motifs is 3. The number of rotatable bonds is 0. The highest BCUT2D eigenvalue weighted by Gasteiger charge is 2.26. The fourth-order valence-electron chi connectivity index (χ4n) is 2.17.